The van der Waals surface area contributed by atoms with Gasteiger partial charge in [-0.2, -0.15) is 0 Å². The summed E-state index contributed by atoms with van der Waals surface area (Å²) < 4.78 is 5.73. The molecule has 1 rings (SSSR count). The van der Waals surface area contributed by atoms with E-state index >= 15 is 0 Å². The molecule has 1 fully saturated rings. The molecule has 4 N–H and O–H groups in total. The molecule has 6 heteroatoms. The van der Waals surface area contributed by atoms with Crippen LogP contribution in [0.15, 0.2) is 0 Å². The summed E-state index contributed by atoms with van der Waals surface area (Å²) >= 11 is 1.64. The number of carbonyl (C=O) groups excluding carboxylic acids is 1. The second-order valence-electron chi connectivity index (χ2n) is 3.80. The van der Waals surface area contributed by atoms with Crippen molar-refractivity contribution >= 4 is 17.7 Å². The van der Waals surface area contributed by atoms with Crippen LogP contribution in [-0.4, -0.2) is 54.3 Å². The number of hydrogen-bond donors (Lipinski definition) is 2. The van der Waals surface area contributed by atoms with Gasteiger partial charge in [-0.1, -0.05) is 0 Å². The smallest absolute Gasteiger partial charge is 0.231 e. The van der Waals surface area contributed by atoms with Crippen molar-refractivity contribution in [1.82, 2.24) is 4.90 Å². The number of hydrogen-bond acceptors (Lipinski definition) is 5. The first-order valence-corrected chi connectivity index (χ1v) is 6.26. The Morgan fingerprint density at radius 3 is 2.87 bits per heavy atom. The minimum atomic E-state index is -0.319. The van der Waals surface area contributed by atoms with E-state index in [0.29, 0.717) is 13.1 Å². The van der Waals surface area contributed by atoms with Crippen molar-refractivity contribution in [3.8, 4) is 0 Å². The third kappa shape index (κ3) is 3.98. The summed E-state index contributed by atoms with van der Waals surface area (Å²) in [6.45, 7) is 3.62. The fraction of sp³-hybridized carbons (Fsp3) is 0.889. The Hall–Kier alpha value is -0.300. The van der Waals surface area contributed by atoms with Crippen molar-refractivity contribution in [1.29, 1.82) is 0 Å². The molecule has 15 heavy (non-hydrogen) atoms. The number of amides is 1. The Kier molecular flexibility index (Phi) is 4.85. The first kappa shape index (κ1) is 12.8. The maximum absolute atomic E-state index is 10.7. The standard InChI is InChI=1S/C9H19N3O2S/c1-6(15-2)14-8-4-12(3-7(8)10)5-9(11)13/h6-8H,3-5,10H2,1-2H3,(H2,11,13). The fourth-order valence-electron chi connectivity index (χ4n) is 1.68. The van der Waals surface area contributed by atoms with Gasteiger partial charge in [0, 0.05) is 19.1 Å². The fourth-order valence-corrected chi connectivity index (χ4v) is 1.93. The zero-order chi connectivity index (χ0) is 11.4. The molecule has 0 radical (unpaired) electrons. The summed E-state index contributed by atoms with van der Waals surface area (Å²) in [5, 5.41) is 0. The van der Waals surface area contributed by atoms with Crippen LogP contribution < -0.4 is 11.5 Å². The van der Waals surface area contributed by atoms with Crippen LogP contribution in [0.4, 0.5) is 0 Å². The van der Waals surface area contributed by atoms with Gasteiger partial charge in [-0.3, -0.25) is 9.69 Å². The summed E-state index contributed by atoms with van der Waals surface area (Å²) in [6.07, 6.45) is 2.00. The van der Waals surface area contributed by atoms with Gasteiger partial charge in [0.05, 0.1) is 12.6 Å². The van der Waals surface area contributed by atoms with Crippen LogP contribution in [0.1, 0.15) is 6.92 Å². The average molecular weight is 233 g/mol. The molecule has 5 nitrogen and oxygen atoms in total. The van der Waals surface area contributed by atoms with E-state index in [-0.39, 0.29) is 30.0 Å². The van der Waals surface area contributed by atoms with Crippen LogP contribution in [0.5, 0.6) is 0 Å². The normalized spacial score (nSPS) is 29.3. The lowest BCUT2D eigenvalue weighted by atomic mass is 10.2. The van der Waals surface area contributed by atoms with Crippen molar-refractivity contribution in [3.63, 3.8) is 0 Å². The molecular weight excluding hydrogens is 214 g/mol. The van der Waals surface area contributed by atoms with Crippen molar-refractivity contribution in [3.05, 3.63) is 0 Å². The highest BCUT2D eigenvalue weighted by Gasteiger charge is 2.32. The molecule has 0 aromatic rings. The number of primary amides is 1. The van der Waals surface area contributed by atoms with Crippen LogP contribution in [0.25, 0.3) is 0 Å². The Balaban J connectivity index is 2.38. The van der Waals surface area contributed by atoms with Crippen molar-refractivity contribution in [2.24, 2.45) is 11.5 Å². The Morgan fingerprint density at radius 2 is 2.33 bits per heavy atom. The molecule has 1 aliphatic rings. The van der Waals surface area contributed by atoms with E-state index in [1.165, 1.54) is 0 Å². The summed E-state index contributed by atoms with van der Waals surface area (Å²) in [5.74, 6) is -0.319. The van der Waals surface area contributed by atoms with Crippen LogP contribution >= 0.6 is 11.8 Å². The number of nitrogens with zero attached hydrogens (tertiary/aromatic N) is 1. The van der Waals surface area contributed by atoms with E-state index < -0.39 is 0 Å². The van der Waals surface area contributed by atoms with Gasteiger partial charge in [0.1, 0.15) is 5.44 Å². The Bertz CT molecular complexity index is 227. The largest absolute Gasteiger partial charge is 0.369 e. The number of rotatable bonds is 5. The minimum absolute atomic E-state index is 0.00630. The SMILES string of the molecule is CSC(C)OC1CN(CC(N)=O)CC1N. The number of ether oxygens (including phenoxy) is 1. The second-order valence-corrected chi connectivity index (χ2v) is 4.94. The molecule has 1 heterocycles. The van der Waals surface area contributed by atoms with Gasteiger partial charge in [-0.15, -0.1) is 11.8 Å². The van der Waals surface area contributed by atoms with Gasteiger partial charge < -0.3 is 16.2 Å². The first-order chi connectivity index (χ1) is 7.02. The molecular formula is C9H19N3O2S. The average Bonchev–Trinajstić information content (AvgIpc) is 2.45. The molecule has 0 spiro atoms. The highest BCUT2D eigenvalue weighted by atomic mass is 32.2. The molecule has 3 atom stereocenters. The molecule has 1 amide bonds. The van der Waals surface area contributed by atoms with E-state index in [1.54, 1.807) is 11.8 Å². The summed E-state index contributed by atoms with van der Waals surface area (Å²) in [4.78, 5) is 12.7. The van der Waals surface area contributed by atoms with Gasteiger partial charge in [-0.25, -0.2) is 0 Å². The van der Waals surface area contributed by atoms with Crippen LogP contribution in [-0.2, 0) is 9.53 Å². The van der Waals surface area contributed by atoms with Crippen LogP contribution in [0.2, 0.25) is 0 Å². The number of carbonyl (C=O) groups is 1. The monoisotopic (exact) mass is 233 g/mol. The zero-order valence-corrected chi connectivity index (χ0v) is 10.00. The lowest BCUT2D eigenvalue weighted by Gasteiger charge is -2.19. The van der Waals surface area contributed by atoms with Gasteiger partial charge in [0.2, 0.25) is 5.91 Å². The van der Waals surface area contributed by atoms with E-state index in [9.17, 15) is 4.79 Å². The molecule has 3 unspecified atom stereocenters. The minimum Gasteiger partial charge on any atom is -0.369 e. The summed E-state index contributed by atoms with van der Waals surface area (Å²) in [6, 6.07) is -0.0288. The topological polar surface area (TPSA) is 81.6 Å². The highest BCUT2D eigenvalue weighted by Crippen LogP contribution is 2.17. The number of likely N-dealkylation sites (tertiary alicyclic amines) is 1. The molecule has 1 aliphatic heterocycles. The number of nitrogens with two attached hydrogens (primary N) is 2. The Labute approximate surface area is 94.5 Å². The molecule has 0 aromatic carbocycles. The molecule has 0 bridgehead atoms. The van der Waals surface area contributed by atoms with E-state index in [2.05, 4.69) is 0 Å². The van der Waals surface area contributed by atoms with Gasteiger partial charge in [-0.05, 0) is 13.2 Å². The Morgan fingerprint density at radius 1 is 1.67 bits per heavy atom. The predicted octanol–water partition coefficient (Wildman–Crippen LogP) is -0.791. The molecule has 1 saturated heterocycles. The predicted molar refractivity (Wildman–Crippen MR) is 61.5 cm³/mol. The van der Waals surface area contributed by atoms with Gasteiger partial charge >= 0.3 is 0 Å². The van der Waals surface area contributed by atoms with Crippen molar-refractivity contribution in [2.75, 3.05) is 25.9 Å². The lowest BCUT2D eigenvalue weighted by molar-refractivity contribution is -0.119. The lowest BCUT2D eigenvalue weighted by Crippen LogP contribution is -2.36. The highest BCUT2D eigenvalue weighted by molar-refractivity contribution is 7.99. The quantitative estimate of drug-likeness (QED) is 0.608. The van der Waals surface area contributed by atoms with E-state index in [0.717, 1.165) is 0 Å². The number of thioether (sulfide) groups is 1. The van der Waals surface area contributed by atoms with E-state index in [1.807, 2.05) is 18.1 Å². The summed E-state index contributed by atoms with van der Waals surface area (Å²) in [5.41, 5.74) is 11.2. The second kappa shape index (κ2) is 5.69. The maximum atomic E-state index is 10.7. The molecule has 0 aliphatic carbocycles. The molecule has 0 saturated carbocycles. The maximum Gasteiger partial charge on any atom is 0.231 e. The van der Waals surface area contributed by atoms with E-state index in [4.69, 9.17) is 16.2 Å². The zero-order valence-electron chi connectivity index (χ0n) is 9.18. The van der Waals surface area contributed by atoms with Crippen LogP contribution in [0.3, 0.4) is 0 Å². The first-order valence-electron chi connectivity index (χ1n) is 4.97. The summed E-state index contributed by atoms with van der Waals surface area (Å²) in [7, 11) is 0. The van der Waals surface area contributed by atoms with Crippen molar-refractivity contribution < 1.29 is 9.53 Å². The third-order valence-electron chi connectivity index (χ3n) is 2.46. The van der Waals surface area contributed by atoms with Gasteiger partial charge in [0.15, 0.2) is 0 Å². The van der Waals surface area contributed by atoms with Crippen LogP contribution in [0, 0.1) is 0 Å². The van der Waals surface area contributed by atoms with Gasteiger partial charge in [0.25, 0.3) is 0 Å². The van der Waals surface area contributed by atoms with Crippen molar-refractivity contribution in [2.45, 2.75) is 24.5 Å². The molecule has 88 valence electrons. The third-order valence-corrected chi connectivity index (χ3v) is 3.24. The molecule has 0 aromatic heterocycles.